The van der Waals surface area contributed by atoms with Gasteiger partial charge in [0.2, 0.25) is 5.91 Å². The summed E-state index contributed by atoms with van der Waals surface area (Å²) in [5.74, 6) is 0.178. The Labute approximate surface area is 113 Å². The number of likely N-dealkylation sites (tertiary alicyclic amines) is 1. The van der Waals surface area contributed by atoms with Crippen LogP contribution < -0.4 is 5.32 Å². The van der Waals surface area contributed by atoms with Gasteiger partial charge in [-0.3, -0.25) is 4.79 Å². The summed E-state index contributed by atoms with van der Waals surface area (Å²) >= 11 is 0. The first-order valence-electron chi connectivity index (χ1n) is 7.15. The topological polar surface area (TPSA) is 72.9 Å². The van der Waals surface area contributed by atoms with Crippen molar-refractivity contribution in [3.8, 4) is 0 Å². The minimum absolute atomic E-state index is 0.0349. The Balaban J connectivity index is 1.72. The van der Waals surface area contributed by atoms with Gasteiger partial charge in [0.05, 0.1) is 0 Å². The van der Waals surface area contributed by atoms with Crippen LogP contribution >= 0.6 is 0 Å². The number of carbonyl (C=O) groups excluding carboxylic acids is 2. The van der Waals surface area contributed by atoms with Crippen LogP contribution in [0.2, 0.25) is 0 Å². The Morgan fingerprint density at radius 3 is 2.58 bits per heavy atom. The number of nitrogens with zero attached hydrogens (tertiary/aromatic N) is 2. The smallest absolute Gasteiger partial charge is 0.317 e. The fourth-order valence-corrected chi connectivity index (χ4v) is 2.81. The van der Waals surface area contributed by atoms with Gasteiger partial charge >= 0.3 is 6.03 Å². The summed E-state index contributed by atoms with van der Waals surface area (Å²) in [6, 6.07) is 0.316. The van der Waals surface area contributed by atoms with Gasteiger partial charge < -0.3 is 20.2 Å². The first kappa shape index (κ1) is 14.1. The average molecular weight is 269 g/mol. The number of amides is 3. The van der Waals surface area contributed by atoms with Gasteiger partial charge in [0.15, 0.2) is 0 Å². The number of rotatable bonds is 5. The molecule has 108 valence electrons. The molecule has 2 N–H and O–H groups in total. The monoisotopic (exact) mass is 269 g/mol. The van der Waals surface area contributed by atoms with E-state index in [4.69, 9.17) is 5.11 Å². The minimum Gasteiger partial charge on any atom is -0.396 e. The zero-order chi connectivity index (χ0) is 13.7. The van der Waals surface area contributed by atoms with Gasteiger partial charge in [-0.25, -0.2) is 4.79 Å². The first-order valence-corrected chi connectivity index (χ1v) is 7.15. The highest BCUT2D eigenvalue weighted by Gasteiger charge is 2.31. The molecule has 3 amide bonds. The Hall–Kier alpha value is -1.30. The molecular formula is C13H23N3O3. The minimum atomic E-state index is 0.0349. The molecule has 0 aromatic heterocycles. The van der Waals surface area contributed by atoms with Crippen molar-refractivity contribution in [1.82, 2.24) is 15.1 Å². The molecule has 0 aromatic carbocycles. The number of urea groups is 1. The molecule has 2 aliphatic rings. The summed E-state index contributed by atoms with van der Waals surface area (Å²) in [4.78, 5) is 27.3. The van der Waals surface area contributed by atoms with Gasteiger partial charge in [0.1, 0.15) is 0 Å². The van der Waals surface area contributed by atoms with Gasteiger partial charge in [-0.15, -0.1) is 0 Å². The molecular weight excluding hydrogens is 246 g/mol. The Kier molecular flexibility index (Phi) is 5.01. The first-order chi connectivity index (χ1) is 9.22. The molecule has 0 saturated carbocycles. The molecule has 2 saturated heterocycles. The van der Waals surface area contributed by atoms with E-state index in [9.17, 15) is 9.59 Å². The second-order valence-electron chi connectivity index (χ2n) is 5.22. The van der Waals surface area contributed by atoms with E-state index < -0.39 is 0 Å². The molecule has 2 fully saturated rings. The van der Waals surface area contributed by atoms with E-state index >= 15 is 0 Å². The van der Waals surface area contributed by atoms with Crippen molar-refractivity contribution in [1.29, 1.82) is 0 Å². The summed E-state index contributed by atoms with van der Waals surface area (Å²) in [5, 5.41) is 11.5. The SMILES string of the molecule is O=C(CCCCO)N1CCC(N2CCNC2=O)CC1. The highest BCUT2D eigenvalue weighted by Crippen LogP contribution is 2.19. The van der Waals surface area contributed by atoms with Crippen molar-refractivity contribution in [3.63, 3.8) is 0 Å². The second-order valence-corrected chi connectivity index (χ2v) is 5.22. The van der Waals surface area contributed by atoms with Crippen LogP contribution in [0.1, 0.15) is 32.1 Å². The number of unbranched alkanes of at least 4 members (excludes halogenated alkanes) is 1. The van der Waals surface area contributed by atoms with E-state index in [1.807, 2.05) is 9.80 Å². The van der Waals surface area contributed by atoms with Crippen molar-refractivity contribution in [2.24, 2.45) is 0 Å². The molecule has 0 bridgehead atoms. The van der Waals surface area contributed by atoms with Crippen molar-refractivity contribution < 1.29 is 14.7 Å². The summed E-state index contributed by atoms with van der Waals surface area (Å²) in [6.45, 7) is 3.16. The zero-order valence-corrected chi connectivity index (χ0v) is 11.3. The number of piperidine rings is 1. The Morgan fingerprint density at radius 2 is 2.00 bits per heavy atom. The van der Waals surface area contributed by atoms with Crippen LogP contribution in [-0.2, 0) is 4.79 Å². The summed E-state index contributed by atoms with van der Waals surface area (Å²) in [5.41, 5.74) is 0. The number of nitrogens with one attached hydrogen (secondary N) is 1. The molecule has 0 unspecified atom stereocenters. The molecule has 2 aliphatic heterocycles. The van der Waals surface area contributed by atoms with E-state index in [0.29, 0.717) is 12.8 Å². The van der Waals surface area contributed by atoms with E-state index in [0.717, 1.165) is 45.4 Å². The van der Waals surface area contributed by atoms with Crippen molar-refractivity contribution in [2.45, 2.75) is 38.1 Å². The molecule has 0 aromatic rings. The Bertz CT molecular complexity index is 327. The van der Waals surface area contributed by atoms with Gasteiger partial charge in [-0.05, 0) is 25.7 Å². The number of aliphatic hydroxyl groups is 1. The highest BCUT2D eigenvalue weighted by atomic mass is 16.3. The van der Waals surface area contributed by atoms with Gasteiger partial charge in [0, 0.05) is 45.2 Å². The fourth-order valence-electron chi connectivity index (χ4n) is 2.81. The van der Waals surface area contributed by atoms with Crippen LogP contribution in [0.5, 0.6) is 0 Å². The van der Waals surface area contributed by atoms with Crippen molar-refractivity contribution >= 4 is 11.9 Å². The molecule has 6 nitrogen and oxygen atoms in total. The lowest BCUT2D eigenvalue weighted by Gasteiger charge is -2.36. The second kappa shape index (κ2) is 6.75. The lowest BCUT2D eigenvalue weighted by molar-refractivity contribution is -0.132. The molecule has 2 heterocycles. The summed E-state index contributed by atoms with van der Waals surface area (Å²) in [6.07, 6.45) is 3.72. The molecule has 2 rings (SSSR count). The largest absolute Gasteiger partial charge is 0.396 e. The maximum Gasteiger partial charge on any atom is 0.317 e. The molecule has 0 radical (unpaired) electrons. The van der Waals surface area contributed by atoms with Gasteiger partial charge in [-0.1, -0.05) is 0 Å². The zero-order valence-electron chi connectivity index (χ0n) is 11.3. The van der Waals surface area contributed by atoms with Crippen LogP contribution in [0, 0.1) is 0 Å². The molecule has 19 heavy (non-hydrogen) atoms. The maximum atomic E-state index is 11.9. The third kappa shape index (κ3) is 3.59. The van der Waals surface area contributed by atoms with Crippen LogP contribution in [0.25, 0.3) is 0 Å². The molecule has 0 spiro atoms. The van der Waals surface area contributed by atoms with Gasteiger partial charge in [-0.2, -0.15) is 0 Å². The molecule has 0 atom stereocenters. The normalized spacial score (nSPS) is 20.8. The van der Waals surface area contributed by atoms with Gasteiger partial charge in [0.25, 0.3) is 0 Å². The summed E-state index contributed by atoms with van der Waals surface area (Å²) in [7, 11) is 0. The van der Waals surface area contributed by atoms with Crippen LogP contribution in [0.4, 0.5) is 4.79 Å². The standard InChI is InChI=1S/C13H23N3O3/c17-10-2-1-3-12(18)15-7-4-11(5-8-15)16-9-6-14-13(16)19/h11,17H,1-10H2,(H,14,19). The summed E-state index contributed by atoms with van der Waals surface area (Å²) < 4.78 is 0. The molecule has 0 aliphatic carbocycles. The predicted octanol–water partition coefficient (Wildman–Crippen LogP) is 0.165. The fraction of sp³-hybridized carbons (Fsp3) is 0.846. The third-order valence-electron chi connectivity index (χ3n) is 3.95. The van der Waals surface area contributed by atoms with Crippen LogP contribution in [0.15, 0.2) is 0 Å². The van der Waals surface area contributed by atoms with Crippen molar-refractivity contribution in [2.75, 3.05) is 32.8 Å². The number of hydrogen-bond donors (Lipinski definition) is 2. The quantitative estimate of drug-likeness (QED) is 0.699. The van der Waals surface area contributed by atoms with Crippen LogP contribution in [0.3, 0.4) is 0 Å². The lowest BCUT2D eigenvalue weighted by Crippen LogP contribution is -2.47. The number of aliphatic hydroxyl groups excluding tert-OH is 1. The number of hydrogen-bond acceptors (Lipinski definition) is 3. The van der Waals surface area contributed by atoms with E-state index in [1.165, 1.54) is 0 Å². The molecule has 6 heteroatoms. The van der Waals surface area contributed by atoms with E-state index in [-0.39, 0.29) is 24.6 Å². The van der Waals surface area contributed by atoms with Crippen molar-refractivity contribution in [3.05, 3.63) is 0 Å². The lowest BCUT2D eigenvalue weighted by atomic mass is 10.0. The average Bonchev–Trinajstić information content (AvgIpc) is 2.85. The number of carbonyl (C=O) groups is 2. The third-order valence-corrected chi connectivity index (χ3v) is 3.95. The van der Waals surface area contributed by atoms with Crippen LogP contribution in [-0.4, -0.2) is 65.7 Å². The van der Waals surface area contributed by atoms with E-state index in [2.05, 4.69) is 5.32 Å². The Morgan fingerprint density at radius 1 is 1.26 bits per heavy atom. The predicted molar refractivity (Wildman–Crippen MR) is 70.6 cm³/mol. The highest BCUT2D eigenvalue weighted by molar-refractivity contribution is 5.77. The van der Waals surface area contributed by atoms with E-state index in [1.54, 1.807) is 0 Å². The maximum absolute atomic E-state index is 11.9.